The fourth-order valence-electron chi connectivity index (χ4n) is 4.17. The minimum absolute atomic E-state index is 0.0284. The number of hydrogen-bond acceptors (Lipinski definition) is 4. The quantitative estimate of drug-likeness (QED) is 0.507. The maximum Gasteiger partial charge on any atom is 0.257 e. The van der Waals surface area contributed by atoms with Crippen molar-refractivity contribution in [3.63, 3.8) is 0 Å². The van der Waals surface area contributed by atoms with Crippen LogP contribution in [-0.2, 0) is 16.0 Å². The summed E-state index contributed by atoms with van der Waals surface area (Å²) in [6.45, 7) is 6.03. The molecule has 1 aliphatic rings. The van der Waals surface area contributed by atoms with Crippen LogP contribution in [0.3, 0.4) is 0 Å². The summed E-state index contributed by atoms with van der Waals surface area (Å²) in [4.78, 5) is 38.9. The molecule has 3 rings (SSSR count). The monoisotopic (exact) mass is 486 g/mol. The Kier molecular flexibility index (Phi) is 8.92. The summed E-state index contributed by atoms with van der Waals surface area (Å²) in [6, 6.07) is 9.57. The maximum absolute atomic E-state index is 13.9. The summed E-state index contributed by atoms with van der Waals surface area (Å²) in [6.07, 6.45) is 2.41. The van der Waals surface area contributed by atoms with E-state index in [0.717, 1.165) is 56.6 Å². The first-order valence-corrected chi connectivity index (χ1v) is 11.8. The zero-order valence-corrected chi connectivity index (χ0v) is 20.0. The maximum atomic E-state index is 13.9. The van der Waals surface area contributed by atoms with E-state index in [4.69, 9.17) is 5.73 Å². The molecule has 9 heteroatoms. The van der Waals surface area contributed by atoms with E-state index in [1.54, 1.807) is 26.0 Å². The van der Waals surface area contributed by atoms with Crippen molar-refractivity contribution in [2.45, 2.75) is 39.2 Å². The van der Waals surface area contributed by atoms with Gasteiger partial charge in [-0.05, 0) is 68.1 Å². The normalized spacial score (nSPS) is 15.6. The molecule has 0 radical (unpaired) electrons. The van der Waals surface area contributed by atoms with Gasteiger partial charge < -0.3 is 21.3 Å². The third-order valence-corrected chi connectivity index (χ3v) is 6.35. The Labute approximate surface area is 204 Å². The SMILES string of the molecule is CC(C)[C@H](NC(=O)c1c(F)cccc1F)C(=O)Nc1ccc(CCN2CCC(C(N)=O)CC2)cc1. The number of carbonyl (C=O) groups is 3. The highest BCUT2D eigenvalue weighted by molar-refractivity contribution is 6.01. The molecule has 0 bridgehead atoms. The van der Waals surface area contributed by atoms with Crippen molar-refractivity contribution < 1.29 is 23.2 Å². The molecule has 2 aromatic carbocycles. The molecule has 1 atom stereocenters. The highest BCUT2D eigenvalue weighted by Crippen LogP contribution is 2.18. The van der Waals surface area contributed by atoms with Gasteiger partial charge >= 0.3 is 0 Å². The van der Waals surface area contributed by atoms with Crippen LogP contribution in [0.5, 0.6) is 0 Å². The molecular formula is C26H32F2N4O3. The lowest BCUT2D eigenvalue weighted by Crippen LogP contribution is -2.47. The van der Waals surface area contributed by atoms with E-state index in [9.17, 15) is 23.2 Å². The Bertz CT molecular complexity index is 1030. The van der Waals surface area contributed by atoms with E-state index in [1.807, 2.05) is 12.1 Å². The number of nitrogens with two attached hydrogens (primary N) is 1. The van der Waals surface area contributed by atoms with Crippen LogP contribution in [0, 0.1) is 23.5 Å². The standard InChI is InChI=1S/C26H32F2N4O3/c1-16(2)23(31-25(34)22-20(27)4-3-5-21(22)28)26(35)30-19-8-6-17(7-9-19)10-13-32-14-11-18(12-15-32)24(29)33/h3-9,16,18,23H,10-15H2,1-2H3,(H2,29,33)(H,30,35)(H,31,34)/t23-/m0/s1. The molecule has 2 aromatic rings. The predicted octanol–water partition coefficient (Wildman–Crippen LogP) is 3.10. The molecule has 0 unspecified atom stereocenters. The third kappa shape index (κ3) is 7.08. The highest BCUT2D eigenvalue weighted by Gasteiger charge is 2.27. The summed E-state index contributed by atoms with van der Waals surface area (Å²) < 4.78 is 27.9. The Morgan fingerprint density at radius 1 is 1.03 bits per heavy atom. The van der Waals surface area contributed by atoms with Gasteiger partial charge in [0.1, 0.15) is 23.2 Å². The number of nitrogens with one attached hydrogen (secondary N) is 2. The van der Waals surface area contributed by atoms with Crippen molar-refractivity contribution >= 4 is 23.4 Å². The van der Waals surface area contributed by atoms with E-state index in [0.29, 0.717) is 5.69 Å². The van der Waals surface area contributed by atoms with Crippen LogP contribution in [0.4, 0.5) is 14.5 Å². The van der Waals surface area contributed by atoms with Crippen LogP contribution in [0.2, 0.25) is 0 Å². The molecule has 1 aliphatic heterocycles. The molecule has 0 spiro atoms. The number of primary amides is 1. The lowest BCUT2D eigenvalue weighted by atomic mass is 9.96. The van der Waals surface area contributed by atoms with Gasteiger partial charge in [0.15, 0.2) is 0 Å². The molecule has 0 aromatic heterocycles. The average molecular weight is 487 g/mol. The number of halogens is 2. The van der Waals surface area contributed by atoms with Crippen molar-refractivity contribution in [2.75, 3.05) is 25.0 Å². The smallest absolute Gasteiger partial charge is 0.257 e. The second-order valence-electron chi connectivity index (χ2n) is 9.25. The van der Waals surface area contributed by atoms with E-state index >= 15 is 0 Å². The number of rotatable bonds is 9. The molecule has 4 N–H and O–H groups in total. The number of piperidine rings is 1. The fraction of sp³-hybridized carbons (Fsp3) is 0.423. The van der Waals surface area contributed by atoms with Crippen LogP contribution >= 0.6 is 0 Å². The van der Waals surface area contributed by atoms with E-state index in [1.165, 1.54) is 6.07 Å². The lowest BCUT2D eigenvalue weighted by molar-refractivity contribution is -0.123. The fourth-order valence-corrected chi connectivity index (χ4v) is 4.17. The zero-order chi connectivity index (χ0) is 25.5. The summed E-state index contributed by atoms with van der Waals surface area (Å²) in [5.74, 6) is -4.00. The van der Waals surface area contributed by atoms with Gasteiger partial charge in [-0.3, -0.25) is 14.4 Å². The van der Waals surface area contributed by atoms with Crippen LogP contribution in [0.15, 0.2) is 42.5 Å². The highest BCUT2D eigenvalue weighted by atomic mass is 19.1. The topological polar surface area (TPSA) is 105 Å². The number of carbonyl (C=O) groups excluding carboxylic acids is 3. The number of amides is 3. The Morgan fingerprint density at radius 2 is 1.63 bits per heavy atom. The molecule has 3 amide bonds. The van der Waals surface area contributed by atoms with Crippen molar-refractivity contribution in [3.05, 3.63) is 65.2 Å². The second kappa shape index (κ2) is 11.9. The minimum Gasteiger partial charge on any atom is -0.369 e. The minimum atomic E-state index is -0.988. The molecule has 1 heterocycles. The van der Waals surface area contributed by atoms with Crippen molar-refractivity contribution in [1.29, 1.82) is 0 Å². The van der Waals surface area contributed by atoms with Crippen LogP contribution < -0.4 is 16.4 Å². The van der Waals surface area contributed by atoms with Gasteiger partial charge in [0, 0.05) is 18.2 Å². The van der Waals surface area contributed by atoms with Gasteiger partial charge in [-0.15, -0.1) is 0 Å². The molecule has 35 heavy (non-hydrogen) atoms. The second-order valence-corrected chi connectivity index (χ2v) is 9.25. The Balaban J connectivity index is 1.54. The third-order valence-electron chi connectivity index (χ3n) is 6.35. The Hall–Kier alpha value is -3.33. The van der Waals surface area contributed by atoms with Gasteiger partial charge in [-0.2, -0.15) is 0 Å². The van der Waals surface area contributed by atoms with E-state index < -0.39 is 35.1 Å². The predicted molar refractivity (Wildman–Crippen MR) is 130 cm³/mol. The zero-order valence-electron chi connectivity index (χ0n) is 20.0. The molecule has 1 fully saturated rings. The molecule has 0 saturated carbocycles. The van der Waals surface area contributed by atoms with Crippen molar-refractivity contribution in [3.8, 4) is 0 Å². The van der Waals surface area contributed by atoms with Gasteiger partial charge in [0.2, 0.25) is 11.8 Å². The van der Waals surface area contributed by atoms with Gasteiger partial charge in [0.05, 0.1) is 0 Å². The van der Waals surface area contributed by atoms with Gasteiger partial charge in [-0.1, -0.05) is 32.0 Å². The van der Waals surface area contributed by atoms with Crippen LogP contribution in [0.1, 0.15) is 42.6 Å². The van der Waals surface area contributed by atoms with Crippen LogP contribution in [-0.4, -0.2) is 48.3 Å². The number of hydrogen-bond donors (Lipinski definition) is 3. The van der Waals surface area contributed by atoms with Gasteiger partial charge in [-0.25, -0.2) is 8.78 Å². The summed E-state index contributed by atoms with van der Waals surface area (Å²) in [5.41, 5.74) is 6.33. The summed E-state index contributed by atoms with van der Waals surface area (Å²) in [5, 5.41) is 5.21. The van der Waals surface area contributed by atoms with Crippen molar-refractivity contribution in [2.24, 2.45) is 17.6 Å². The van der Waals surface area contributed by atoms with Crippen LogP contribution in [0.25, 0.3) is 0 Å². The van der Waals surface area contributed by atoms with Gasteiger partial charge in [0.25, 0.3) is 5.91 Å². The number of benzene rings is 2. The van der Waals surface area contributed by atoms with E-state index in [-0.39, 0.29) is 17.7 Å². The molecule has 1 saturated heterocycles. The number of likely N-dealkylation sites (tertiary alicyclic amines) is 1. The molecule has 7 nitrogen and oxygen atoms in total. The lowest BCUT2D eigenvalue weighted by Gasteiger charge is -2.30. The molecule has 188 valence electrons. The van der Waals surface area contributed by atoms with E-state index in [2.05, 4.69) is 15.5 Å². The van der Waals surface area contributed by atoms with Crippen molar-refractivity contribution in [1.82, 2.24) is 10.2 Å². The first-order valence-electron chi connectivity index (χ1n) is 11.8. The number of nitrogens with zero attached hydrogens (tertiary/aromatic N) is 1. The summed E-state index contributed by atoms with van der Waals surface area (Å²) in [7, 11) is 0. The first kappa shape index (κ1) is 26.3. The Morgan fingerprint density at radius 3 is 2.17 bits per heavy atom. The summed E-state index contributed by atoms with van der Waals surface area (Å²) >= 11 is 0. The first-order chi connectivity index (χ1) is 16.7. The molecular weight excluding hydrogens is 454 g/mol. The number of anilines is 1. The average Bonchev–Trinajstić information content (AvgIpc) is 2.82. The largest absolute Gasteiger partial charge is 0.369 e. The molecule has 0 aliphatic carbocycles.